The van der Waals surface area contributed by atoms with Gasteiger partial charge in [-0.2, -0.15) is 0 Å². The highest BCUT2D eigenvalue weighted by Crippen LogP contribution is 1.97. The molecule has 0 rings (SSSR count). The van der Waals surface area contributed by atoms with Crippen molar-refractivity contribution in [3.8, 4) is 11.8 Å². The summed E-state index contributed by atoms with van der Waals surface area (Å²) in [5.41, 5.74) is 0. The molecule has 0 saturated heterocycles. The molecule has 0 aliphatic carbocycles. The molecule has 0 spiro atoms. The van der Waals surface area contributed by atoms with Crippen LogP contribution in [0.5, 0.6) is 0 Å². The molecule has 0 heterocycles. The first-order valence-corrected chi connectivity index (χ1v) is 4.23. The molecule has 62 valence electrons. The highest BCUT2D eigenvalue weighted by Gasteiger charge is 1.92. The molecule has 1 nitrogen and oxygen atoms in total. The van der Waals surface area contributed by atoms with Crippen LogP contribution in [0.4, 0.5) is 0 Å². The zero-order chi connectivity index (χ0) is 8.53. The summed E-state index contributed by atoms with van der Waals surface area (Å²) >= 11 is 0. The van der Waals surface area contributed by atoms with Gasteiger partial charge >= 0.3 is 0 Å². The summed E-state index contributed by atoms with van der Waals surface area (Å²) in [7, 11) is 0. The first kappa shape index (κ1) is 10.2. The van der Waals surface area contributed by atoms with Crippen molar-refractivity contribution in [2.45, 2.75) is 39.5 Å². The summed E-state index contributed by atoms with van der Waals surface area (Å²) in [6.07, 6.45) is 4.83. The summed E-state index contributed by atoms with van der Waals surface area (Å²) in [5.74, 6) is 6.34. The van der Waals surface area contributed by atoms with Crippen LogP contribution in [-0.4, -0.2) is 6.29 Å². The second-order valence-electron chi connectivity index (χ2n) is 2.73. The van der Waals surface area contributed by atoms with Crippen molar-refractivity contribution in [3.05, 3.63) is 0 Å². The van der Waals surface area contributed by atoms with Gasteiger partial charge in [0.25, 0.3) is 0 Å². The van der Waals surface area contributed by atoms with Crippen LogP contribution in [0, 0.1) is 17.8 Å². The van der Waals surface area contributed by atoms with Gasteiger partial charge in [-0.25, -0.2) is 0 Å². The Bertz CT molecular complexity index is 150. The van der Waals surface area contributed by atoms with Crippen molar-refractivity contribution in [1.29, 1.82) is 0 Å². The van der Waals surface area contributed by atoms with Crippen LogP contribution in [0.15, 0.2) is 0 Å². The summed E-state index contributed by atoms with van der Waals surface area (Å²) in [6.45, 7) is 4.13. The molecular formula is C10H16O. The molecule has 0 radical (unpaired) electrons. The minimum atomic E-state index is 0.240. The zero-order valence-electron chi connectivity index (χ0n) is 7.39. The third kappa shape index (κ3) is 7.12. The normalized spacial score (nSPS) is 11.5. The van der Waals surface area contributed by atoms with Crippen LogP contribution in [0.2, 0.25) is 0 Å². The van der Waals surface area contributed by atoms with Gasteiger partial charge in [0.05, 0.1) is 0 Å². The zero-order valence-corrected chi connectivity index (χ0v) is 7.39. The van der Waals surface area contributed by atoms with E-state index in [1.165, 1.54) is 12.8 Å². The molecule has 0 aliphatic heterocycles. The maximum absolute atomic E-state index is 10.0. The molecule has 1 atom stereocenters. The van der Waals surface area contributed by atoms with Crippen LogP contribution in [0.3, 0.4) is 0 Å². The van der Waals surface area contributed by atoms with E-state index in [-0.39, 0.29) is 5.92 Å². The van der Waals surface area contributed by atoms with E-state index in [1.807, 2.05) is 6.92 Å². The maximum Gasteiger partial charge on any atom is 0.121 e. The maximum atomic E-state index is 10.0. The van der Waals surface area contributed by atoms with E-state index in [4.69, 9.17) is 0 Å². The molecule has 0 aliphatic rings. The monoisotopic (exact) mass is 152 g/mol. The number of hydrogen-bond acceptors (Lipinski definition) is 1. The lowest BCUT2D eigenvalue weighted by Gasteiger charge is -1.93. The molecule has 0 aromatic carbocycles. The standard InChI is InChI=1S/C10H16O/c1-3-4-5-6-7-10(2)8-9-11/h9-10H,3-5,8H2,1-2H3/t10-/m0/s1. The number of hydrogen-bond donors (Lipinski definition) is 0. The minimum Gasteiger partial charge on any atom is -0.303 e. The summed E-state index contributed by atoms with van der Waals surface area (Å²) in [5, 5.41) is 0. The molecule has 1 heteroatoms. The van der Waals surface area contributed by atoms with Gasteiger partial charge < -0.3 is 4.79 Å². The fourth-order valence-electron chi connectivity index (χ4n) is 0.715. The second kappa shape index (κ2) is 7.34. The van der Waals surface area contributed by atoms with Crippen LogP contribution in [-0.2, 0) is 4.79 Å². The Balaban J connectivity index is 3.42. The molecule has 0 unspecified atom stereocenters. The van der Waals surface area contributed by atoms with Crippen molar-refractivity contribution >= 4 is 6.29 Å². The fraction of sp³-hybridized carbons (Fsp3) is 0.700. The van der Waals surface area contributed by atoms with Gasteiger partial charge in [0, 0.05) is 18.8 Å². The molecule has 0 fully saturated rings. The summed E-state index contributed by atoms with van der Waals surface area (Å²) in [6, 6.07) is 0. The fourth-order valence-corrected chi connectivity index (χ4v) is 0.715. The Labute approximate surface area is 69.2 Å². The lowest BCUT2D eigenvalue weighted by molar-refractivity contribution is -0.108. The number of unbranched alkanes of at least 4 members (excludes halogenated alkanes) is 2. The molecule has 0 aromatic heterocycles. The number of rotatable bonds is 4. The molecule has 0 aromatic rings. The average molecular weight is 152 g/mol. The van der Waals surface area contributed by atoms with Gasteiger partial charge in [-0.05, 0) is 6.42 Å². The number of aldehydes is 1. The first-order valence-electron chi connectivity index (χ1n) is 4.23. The molecule has 0 N–H and O–H groups in total. The largest absolute Gasteiger partial charge is 0.303 e. The quantitative estimate of drug-likeness (QED) is 0.343. The van der Waals surface area contributed by atoms with Crippen LogP contribution >= 0.6 is 0 Å². The molecular weight excluding hydrogens is 136 g/mol. The van der Waals surface area contributed by atoms with Gasteiger partial charge in [0.1, 0.15) is 6.29 Å². The lowest BCUT2D eigenvalue weighted by atomic mass is 10.1. The van der Waals surface area contributed by atoms with Crippen LogP contribution in [0.1, 0.15) is 39.5 Å². The molecule has 0 amide bonds. The van der Waals surface area contributed by atoms with Gasteiger partial charge in [0.15, 0.2) is 0 Å². The Morgan fingerprint density at radius 1 is 1.55 bits per heavy atom. The highest BCUT2D eigenvalue weighted by molar-refractivity contribution is 5.50. The van der Waals surface area contributed by atoms with E-state index in [2.05, 4.69) is 18.8 Å². The van der Waals surface area contributed by atoms with E-state index in [0.29, 0.717) is 6.42 Å². The van der Waals surface area contributed by atoms with E-state index in [1.54, 1.807) is 0 Å². The first-order chi connectivity index (χ1) is 5.31. The van der Waals surface area contributed by atoms with E-state index in [9.17, 15) is 4.79 Å². The Hall–Kier alpha value is -0.770. The second-order valence-corrected chi connectivity index (χ2v) is 2.73. The van der Waals surface area contributed by atoms with Crippen molar-refractivity contribution in [2.75, 3.05) is 0 Å². The minimum absolute atomic E-state index is 0.240. The topological polar surface area (TPSA) is 17.1 Å². The van der Waals surface area contributed by atoms with Crippen molar-refractivity contribution in [1.82, 2.24) is 0 Å². The van der Waals surface area contributed by atoms with E-state index in [0.717, 1.165) is 12.7 Å². The Kier molecular flexibility index (Phi) is 6.82. The number of carbonyl (C=O) groups is 1. The smallest absolute Gasteiger partial charge is 0.121 e. The van der Waals surface area contributed by atoms with Crippen molar-refractivity contribution in [2.24, 2.45) is 5.92 Å². The van der Waals surface area contributed by atoms with Crippen molar-refractivity contribution < 1.29 is 4.79 Å². The Morgan fingerprint density at radius 2 is 2.27 bits per heavy atom. The van der Waals surface area contributed by atoms with Crippen LogP contribution in [0.25, 0.3) is 0 Å². The molecule has 0 saturated carbocycles. The molecule has 0 bridgehead atoms. The van der Waals surface area contributed by atoms with E-state index < -0.39 is 0 Å². The third-order valence-corrected chi connectivity index (χ3v) is 1.45. The molecule has 11 heavy (non-hydrogen) atoms. The predicted octanol–water partition coefficient (Wildman–Crippen LogP) is 2.41. The predicted molar refractivity (Wildman–Crippen MR) is 47.1 cm³/mol. The van der Waals surface area contributed by atoms with Gasteiger partial charge in [-0.3, -0.25) is 0 Å². The average Bonchev–Trinajstić information content (AvgIpc) is 1.99. The van der Waals surface area contributed by atoms with Gasteiger partial charge in [-0.1, -0.05) is 26.2 Å². The number of carbonyl (C=O) groups excluding carboxylic acids is 1. The summed E-state index contributed by atoms with van der Waals surface area (Å²) in [4.78, 5) is 10.0. The van der Waals surface area contributed by atoms with Gasteiger partial charge in [0.2, 0.25) is 0 Å². The Morgan fingerprint density at radius 3 is 2.82 bits per heavy atom. The SMILES string of the molecule is CCCCC#C[C@H](C)CC=O. The lowest BCUT2D eigenvalue weighted by Crippen LogP contribution is -1.89. The van der Waals surface area contributed by atoms with Crippen LogP contribution < -0.4 is 0 Å². The third-order valence-electron chi connectivity index (χ3n) is 1.45. The highest BCUT2D eigenvalue weighted by atomic mass is 16.1. The van der Waals surface area contributed by atoms with Gasteiger partial charge in [-0.15, -0.1) is 5.92 Å². The summed E-state index contributed by atoms with van der Waals surface area (Å²) < 4.78 is 0. The van der Waals surface area contributed by atoms with Crippen molar-refractivity contribution in [3.63, 3.8) is 0 Å². The van der Waals surface area contributed by atoms with E-state index >= 15 is 0 Å².